The van der Waals surface area contributed by atoms with Crippen LogP contribution in [0.5, 0.6) is 0 Å². The molecule has 0 saturated carbocycles. The van der Waals surface area contributed by atoms with Gasteiger partial charge in [0, 0.05) is 30.4 Å². The summed E-state index contributed by atoms with van der Waals surface area (Å²) in [7, 11) is 0. The first-order valence-electron chi connectivity index (χ1n) is 11.8. The van der Waals surface area contributed by atoms with E-state index in [0.29, 0.717) is 38.8 Å². The lowest BCUT2D eigenvalue weighted by molar-refractivity contribution is -0.116. The molecule has 3 heterocycles. The summed E-state index contributed by atoms with van der Waals surface area (Å²) < 4.78 is 6.32. The molecule has 9 heteroatoms. The second kappa shape index (κ2) is 10.9. The first-order chi connectivity index (χ1) is 17.9. The zero-order valence-corrected chi connectivity index (χ0v) is 22.3. The van der Waals surface area contributed by atoms with Crippen LogP contribution in [0.15, 0.2) is 83.4 Å². The highest BCUT2D eigenvalue weighted by Gasteiger charge is 2.41. The standard InChI is InChI=1S/C28H24Cl2N4O2S/c1-17-8-10-18(11-9-17)32-24(35)14-16-34-27(26(33-28(34)37)21-7-2-3-15-31-21)23-13-12-22(36-23)19-5-4-6-20(29)25(19)30/h2-13,15,26-27H,14,16H2,1H3,(H,32,35)(H,33,37)/t26-,27-/m0/s1. The number of carbonyl (C=O) groups is 1. The molecule has 1 fully saturated rings. The third-order valence-corrected chi connectivity index (χ3v) is 7.42. The molecule has 188 valence electrons. The summed E-state index contributed by atoms with van der Waals surface area (Å²) in [5.41, 5.74) is 3.41. The number of hydrogen-bond acceptors (Lipinski definition) is 4. The quantitative estimate of drug-likeness (QED) is 0.242. The van der Waals surface area contributed by atoms with E-state index >= 15 is 0 Å². The van der Waals surface area contributed by atoms with Gasteiger partial charge in [-0.3, -0.25) is 9.78 Å². The maximum Gasteiger partial charge on any atom is 0.226 e. The number of aromatic nitrogens is 1. The third-order valence-electron chi connectivity index (χ3n) is 6.25. The van der Waals surface area contributed by atoms with Crippen LogP contribution in [-0.2, 0) is 4.79 Å². The molecule has 1 aliphatic heterocycles. The van der Waals surface area contributed by atoms with Gasteiger partial charge in [0.2, 0.25) is 5.91 Å². The SMILES string of the molecule is Cc1ccc(NC(=O)CCN2C(=S)N[C@@H](c3ccccn3)[C@@H]2c2ccc(-c3cccc(Cl)c3Cl)o2)cc1. The summed E-state index contributed by atoms with van der Waals surface area (Å²) in [4.78, 5) is 19.3. The van der Waals surface area contributed by atoms with Gasteiger partial charge < -0.3 is 20.0 Å². The number of nitrogens with one attached hydrogen (secondary N) is 2. The van der Waals surface area contributed by atoms with Crippen molar-refractivity contribution in [2.24, 2.45) is 0 Å². The minimum atomic E-state index is -0.318. The molecule has 2 aromatic carbocycles. The summed E-state index contributed by atoms with van der Waals surface area (Å²) in [6.07, 6.45) is 1.99. The smallest absolute Gasteiger partial charge is 0.226 e. The molecule has 0 spiro atoms. The Morgan fingerprint density at radius 2 is 1.89 bits per heavy atom. The zero-order chi connectivity index (χ0) is 25.9. The van der Waals surface area contributed by atoms with E-state index in [4.69, 9.17) is 39.8 Å². The van der Waals surface area contributed by atoms with Crippen molar-refractivity contribution in [3.05, 3.63) is 106 Å². The molecule has 0 radical (unpaired) electrons. The van der Waals surface area contributed by atoms with E-state index < -0.39 is 0 Å². The van der Waals surface area contributed by atoms with E-state index in [-0.39, 0.29) is 24.4 Å². The highest BCUT2D eigenvalue weighted by atomic mass is 35.5. The van der Waals surface area contributed by atoms with Crippen molar-refractivity contribution in [2.45, 2.75) is 25.4 Å². The van der Waals surface area contributed by atoms with E-state index in [0.717, 1.165) is 16.9 Å². The average molecular weight is 551 g/mol. The van der Waals surface area contributed by atoms with Gasteiger partial charge in [0.05, 0.1) is 21.8 Å². The minimum absolute atomic E-state index is 0.0995. The molecule has 1 saturated heterocycles. The van der Waals surface area contributed by atoms with E-state index in [1.165, 1.54) is 0 Å². The predicted molar refractivity (Wildman–Crippen MR) is 151 cm³/mol. The summed E-state index contributed by atoms with van der Waals surface area (Å²) in [5, 5.41) is 7.73. The number of nitrogens with zero attached hydrogens (tertiary/aromatic N) is 2. The second-order valence-electron chi connectivity index (χ2n) is 8.79. The lowest BCUT2D eigenvalue weighted by Gasteiger charge is -2.25. The van der Waals surface area contributed by atoms with Crippen molar-refractivity contribution >= 4 is 52.1 Å². The van der Waals surface area contributed by atoms with Crippen LogP contribution in [0, 0.1) is 6.92 Å². The molecule has 2 N–H and O–H groups in total. The van der Waals surface area contributed by atoms with Crippen LogP contribution in [0.4, 0.5) is 5.69 Å². The van der Waals surface area contributed by atoms with Crippen LogP contribution >= 0.6 is 35.4 Å². The molecular weight excluding hydrogens is 527 g/mol. The molecule has 0 unspecified atom stereocenters. The molecule has 1 aliphatic rings. The maximum absolute atomic E-state index is 12.7. The van der Waals surface area contributed by atoms with Crippen molar-refractivity contribution in [3.63, 3.8) is 0 Å². The van der Waals surface area contributed by atoms with Crippen molar-refractivity contribution in [1.82, 2.24) is 15.2 Å². The van der Waals surface area contributed by atoms with Crippen LogP contribution in [-0.4, -0.2) is 27.4 Å². The number of amides is 1. The van der Waals surface area contributed by atoms with Crippen molar-refractivity contribution in [3.8, 4) is 11.3 Å². The lowest BCUT2D eigenvalue weighted by Crippen LogP contribution is -2.32. The molecule has 0 bridgehead atoms. The van der Waals surface area contributed by atoms with Crippen LogP contribution in [0.1, 0.15) is 35.5 Å². The normalized spacial score (nSPS) is 17.1. The Morgan fingerprint density at radius 3 is 2.65 bits per heavy atom. The fourth-order valence-corrected chi connectivity index (χ4v) is 5.11. The van der Waals surface area contributed by atoms with Crippen LogP contribution in [0.2, 0.25) is 10.0 Å². The molecule has 5 rings (SSSR count). The Bertz CT molecular complexity index is 1430. The fraction of sp³-hybridized carbons (Fsp3) is 0.179. The van der Waals surface area contributed by atoms with Gasteiger partial charge in [0.15, 0.2) is 5.11 Å². The van der Waals surface area contributed by atoms with Gasteiger partial charge >= 0.3 is 0 Å². The Balaban J connectivity index is 1.41. The van der Waals surface area contributed by atoms with Gasteiger partial charge in [-0.25, -0.2) is 0 Å². The molecule has 6 nitrogen and oxygen atoms in total. The number of thiocarbonyl (C=S) groups is 1. The topological polar surface area (TPSA) is 70.4 Å². The number of anilines is 1. The highest BCUT2D eigenvalue weighted by Crippen LogP contribution is 2.42. The van der Waals surface area contributed by atoms with Gasteiger partial charge in [-0.2, -0.15) is 0 Å². The Morgan fingerprint density at radius 1 is 1.08 bits per heavy atom. The Hall–Kier alpha value is -3.39. The lowest BCUT2D eigenvalue weighted by atomic mass is 10.0. The van der Waals surface area contributed by atoms with Crippen LogP contribution in [0.25, 0.3) is 11.3 Å². The summed E-state index contributed by atoms with van der Waals surface area (Å²) in [6, 6.07) is 22.1. The molecule has 1 amide bonds. The van der Waals surface area contributed by atoms with E-state index in [1.807, 2.05) is 78.6 Å². The molecule has 2 atom stereocenters. The van der Waals surface area contributed by atoms with Crippen molar-refractivity contribution in [1.29, 1.82) is 0 Å². The maximum atomic E-state index is 12.7. The monoisotopic (exact) mass is 550 g/mol. The Labute approximate surface area is 230 Å². The largest absolute Gasteiger partial charge is 0.459 e. The van der Waals surface area contributed by atoms with Gasteiger partial charge in [-0.1, -0.05) is 53.0 Å². The van der Waals surface area contributed by atoms with E-state index in [9.17, 15) is 4.79 Å². The summed E-state index contributed by atoms with van der Waals surface area (Å²) in [5.74, 6) is 1.17. The average Bonchev–Trinajstić information content (AvgIpc) is 3.51. The number of furan rings is 1. The molecular formula is C28H24Cl2N4O2S. The predicted octanol–water partition coefficient (Wildman–Crippen LogP) is 6.96. The zero-order valence-electron chi connectivity index (χ0n) is 19.9. The highest BCUT2D eigenvalue weighted by molar-refractivity contribution is 7.80. The van der Waals surface area contributed by atoms with Crippen molar-refractivity contribution in [2.75, 3.05) is 11.9 Å². The van der Waals surface area contributed by atoms with Gasteiger partial charge in [-0.05, 0) is 67.7 Å². The van der Waals surface area contributed by atoms with Crippen molar-refractivity contribution < 1.29 is 9.21 Å². The summed E-state index contributed by atoms with van der Waals surface area (Å²) >= 11 is 18.4. The first kappa shape index (κ1) is 25.3. The van der Waals surface area contributed by atoms with Crippen LogP contribution < -0.4 is 10.6 Å². The number of halogens is 2. The van der Waals surface area contributed by atoms with Gasteiger partial charge in [0.1, 0.15) is 17.6 Å². The van der Waals surface area contributed by atoms with Crippen LogP contribution in [0.3, 0.4) is 0 Å². The number of carbonyl (C=O) groups excluding carboxylic acids is 1. The number of rotatable bonds is 7. The number of benzene rings is 2. The molecule has 4 aromatic rings. The first-order valence-corrected chi connectivity index (χ1v) is 13.0. The number of pyridine rings is 1. The van der Waals surface area contributed by atoms with E-state index in [2.05, 4.69) is 15.6 Å². The number of hydrogen-bond donors (Lipinski definition) is 2. The third kappa shape index (κ3) is 5.49. The van der Waals surface area contributed by atoms with E-state index in [1.54, 1.807) is 12.3 Å². The summed E-state index contributed by atoms with van der Waals surface area (Å²) in [6.45, 7) is 2.40. The second-order valence-corrected chi connectivity index (χ2v) is 9.96. The number of aryl methyl sites for hydroxylation is 1. The fourth-order valence-electron chi connectivity index (χ4n) is 4.39. The minimum Gasteiger partial charge on any atom is -0.459 e. The molecule has 2 aromatic heterocycles. The molecule has 37 heavy (non-hydrogen) atoms. The van der Waals surface area contributed by atoms with Gasteiger partial charge in [-0.15, -0.1) is 0 Å². The Kier molecular flexibility index (Phi) is 7.46. The molecule has 0 aliphatic carbocycles. The van der Waals surface area contributed by atoms with Gasteiger partial charge in [0.25, 0.3) is 0 Å².